The summed E-state index contributed by atoms with van der Waals surface area (Å²) in [6.45, 7) is 35.9. The fraction of sp³-hybridized carbons (Fsp3) is 0.895. The molecule has 0 unspecified atom stereocenters. The first-order valence-electron chi connectivity index (χ1n) is 46.3. The van der Waals surface area contributed by atoms with Crippen molar-refractivity contribution < 1.29 is 367 Å². The summed E-state index contributed by atoms with van der Waals surface area (Å²) in [5.74, 6) is 14.8. The van der Waals surface area contributed by atoms with Crippen molar-refractivity contribution >= 4 is 17.3 Å². The Bertz CT molecular complexity index is 3420. The van der Waals surface area contributed by atoms with E-state index in [2.05, 4.69) is 40.7 Å². The van der Waals surface area contributed by atoms with Crippen molar-refractivity contribution in [3.8, 4) is 0 Å². The Morgan fingerprint density at radius 2 is 0.634 bits per heavy atom. The van der Waals surface area contributed by atoms with Gasteiger partial charge in [0.05, 0.1) is 42.7 Å². The second-order valence-electron chi connectivity index (χ2n) is 44.2. The summed E-state index contributed by atoms with van der Waals surface area (Å²) >= 11 is 0. The molecule has 20 aliphatic rings. The van der Waals surface area contributed by atoms with E-state index in [1.165, 1.54) is 172 Å². The van der Waals surface area contributed by atoms with Crippen LogP contribution in [0.25, 0.3) is 0 Å². The van der Waals surface area contributed by atoms with Crippen molar-refractivity contribution in [3.05, 3.63) is 57.9 Å². The number of methoxy groups -OCH3 is 4. The molecule has 0 aromatic carbocycles. The zero-order valence-electron chi connectivity index (χ0n) is 77.5. The molecule has 20 aliphatic carbocycles. The van der Waals surface area contributed by atoms with Crippen LogP contribution >= 0.6 is 0 Å². The molecule has 0 aromatic rings. The van der Waals surface area contributed by atoms with Crippen molar-refractivity contribution in [2.24, 2.45) is 161 Å². The fourth-order valence-corrected chi connectivity index (χ4v) is 34.8. The molecule has 0 aromatic heterocycles. The van der Waals surface area contributed by atoms with Gasteiger partial charge in [-0.3, -0.25) is 14.4 Å². The third-order valence-electron chi connectivity index (χ3n) is 40.8. The Labute approximate surface area is 1080 Å². The van der Waals surface area contributed by atoms with Gasteiger partial charge in [-0.25, -0.2) is 0 Å². The molecule has 18 saturated carbocycles. The van der Waals surface area contributed by atoms with Crippen LogP contribution in [0.1, 0.15) is 422 Å². The van der Waals surface area contributed by atoms with E-state index in [0.29, 0.717) is 105 Å². The number of aliphatic hydroxyl groups excluding tert-OH is 3. The van der Waals surface area contributed by atoms with Gasteiger partial charge in [-0.15, -0.1) is 10.8 Å². The van der Waals surface area contributed by atoms with Crippen LogP contribution in [0, 0.1) is 195 Å². The van der Waals surface area contributed by atoms with Crippen molar-refractivity contribution in [2.45, 2.75) is 465 Å². The topological polar surface area (TPSA) is 299 Å². The largest absolute Gasteiger partial charge is 1.00 e. The summed E-state index contributed by atoms with van der Waals surface area (Å²) in [6, 6.07) is 0. The normalized spacial score (nSPS) is 44.5. The van der Waals surface area contributed by atoms with Crippen LogP contribution in [0.4, 0.5) is 0 Å². The van der Waals surface area contributed by atoms with Crippen molar-refractivity contribution in [1.29, 1.82) is 0 Å². The maximum absolute atomic E-state index is 12.4. The third kappa shape index (κ3) is 28.5. The van der Waals surface area contributed by atoms with Crippen molar-refractivity contribution in [2.75, 3.05) is 28.4 Å². The molecular weight excluding hydrogens is 2040 g/mol. The number of ether oxygens (including phenoxy) is 4. The Morgan fingerprint density at radius 3 is 1.04 bits per heavy atom. The smallest absolute Gasteiger partial charge is 0.870 e. The standard InChI is InChI=1S/C20H33O2.2C20H31O2.C20H29O2.C19H29O2.15CH4.5H2O.5Rb/c4*1-19-10-8-14(21)12-13(19)4-5-15-16-6-7-18(22-3)20(16,2)11-9-17(15)19;1-18-9-7-13(20)11-12(18)3-4-14-15-5-6-17(21)19(15,2)10-8-16(14)18;;;;;;;;;;;;;;;;;;;;;;;;;/h13-18,21H,1,4-12H2,2-3H3;13,15-18H,1,4-12H2,2-3H3;4,14-18,21H,1,5-12H2,2-3H3;12,15-18H,1,4-11H2,2-3H3;12-16,20H,1,3-11H2,2H3;15*1H4;5*1H2;;;;;/q5*-1;;;;;;;;;;;;;;;;;;;;;5*+1/p-5/t13-,14-,15-,16-,17-,18-,19-,20-;13-,15-,16-,17-,18-,19-,20-;14-,15-,16-,17-,18-,19-,20-;15-,16-,17-,18-,19-,20-;12-,13-,14-,15-,16-,18-,19-;;;;;;;;;;;;;;;;;;;;;;;;;/m00000........................./s1. The molecule has 0 heterocycles. The molecule has 0 aliphatic heterocycles. The third-order valence-corrected chi connectivity index (χ3v) is 40.8. The Hall–Kier alpha value is 7.04. The van der Waals surface area contributed by atoms with Gasteiger partial charge in [-0.2, -0.15) is 16.2 Å². The van der Waals surface area contributed by atoms with E-state index in [1.54, 1.807) is 0 Å². The van der Waals surface area contributed by atoms with Crippen molar-refractivity contribution in [3.63, 3.8) is 0 Å². The number of carbonyl (C=O) groups is 3. The van der Waals surface area contributed by atoms with E-state index < -0.39 is 0 Å². The number of Topliss-reactive ketones (excluding diaryl/α,β-unsaturated/α-hetero) is 2. The van der Waals surface area contributed by atoms with E-state index in [1.807, 2.05) is 34.5 Å². The predicted octanol–water partition coefficient (Wildman–Crippen LogP) is 14.6. The van der Waals surface area contributed by atoms with Crippen LogP contribution in [-0.2, 0) is 33.3 Å². The van der Waals surface area contributed by atoms with Gasteiger partial charge in [0.1, 0.15) is 11.6 Å². The number of rotatable bonds is 4. The maximum atomic E-state index is 12.4. The van der Waals surface area contributed by atoms with Crippen LogP contribution in [-0.4, -0.2) is 131 Å². The Kier molecular flexibility index (Phi) is 76.7. The van der Waals surface area contributed by atoms with E-state index >= 15 is 0 Å². The van der Waals surface area contributed by atoms with Crippen LogP contribution in [0.15, 0.2) is 23.3 Å². The van der Waals surface area contributed by atoms with E-state index in [4.69, 9.17) is 53.6 Å². The summed E-state index contributed by atoms with van der Waals surface area (Å²) in [4.78, 5) is 36.1. The summed E-state index contributed by atoms with van der Waals surface area (Å²) in [6.07, 6.45) is 55.6. The average molecular weight is 2260 g/mol. The molecule has 0 radical (unpaired) electrons. The predicted molar refractivity (Wildman–Crippen MR) is 544 cm³/mol. The number of hydrogen-bond donors (Lipinski definition) is 3. The summed E-state index contributed by atoms with van der Waals surface area (Å²) in [7, 11) is 7.60. The number of carbonyl (C=O) groups excluding carboxylic acids is 3. The first-order valence-corrected chi connectivity index (χ1v) is 46.3. The molecule has 8 N–H and O–H groups in total. The molecule has 20 heteroatoms. The molecule has 0 saturated heterocycles. The maximum Gasteiger partial charge on any atom is 1.00 e. The van der Waals surface area contributed by atoms with Gasteiger partial charge >= 0.3 is 291 Å². The molecule has 18 fully saturated rings. The van der Waals surface area contributed by atoms with Gasteiger partial charge in [0.25, 0.3) is 0 Å². The van der Waals surface area contributed by atoms with Crippen LogP contribution in [0.2, 0.25) is 0 Å². The Balaban J connectivity index is -0.000000171. The minimum atomic E-state index is -0.129. The van der Waals surface area contributed by atoms with Crippen LogP contribution in [0.5, 0.6) is 0 Å². The molecule has 0 amide bonds. The molecule has 0 spiro atoms. The van der Waals surface area contributed by atoms with Crippen LogP contribution in [0.3, 0.4) is 0 Å². The van der Waals surface area contributed by atoms with Gasteiger partial charge in [0.2, 0.25) is 0 Å². The van der Waals surface area contributed by atoms with Gasteiger partial charge in [-0.1, -0.05) is 294 Å². The quantitative estimate of drug-likeness (QED) is 0.174. The zero-order chi connectivity index (χ0) is 77.0. The number of aliphatic hydroxyl groups is 3. The molecule has 774 valence electrons. The minimum Gasteiger partial charge on any atom is -0.870 e. The number of allylic oxidation sites excluding steroid dienone is 2. The van der Waals surface area contributed by atoms with E-state index in [0.717, 1.165) is 180 Å². The first-order chi connectivity index (χ1) is 51.9. The molecule has 134 heavy (non-hydrogen) atoms. The second-order valence-corrected chi connectivity index (χ2v) is 44.2. The van der Waals surface area contributed by atoms with E-state index in [-0.39, 0.29) is 481 Å². The van der Waals surface area contributed by atoms with Crippen molar-refractivity contribution in [1.82, 2.24) is 0 Å². The first kappa shape index (κ1) is 161. The monoisotopic (exact) mass is 2250 g/mol. The zero-order valence-corrected chi connectivity index (χ0v) is 102. The fourth-order valence-electron chi connectivity index (χ4n) is 34.8. The molecular formula is C114H218O15Rb5-5. The second kappa shape index (κ2) is 63.8. The van der Waals surface area contributed by atoms with Gasteiger partial charge < -0.3 is 96.3 Å². The number of ketones is 3. The average Bonchev–Trinajstić information content (AvgIpc) is 1.50. The minimum absolute atomic E-state index is 0. The Morgan fingerprint density at radius 1 is 0.299 bits per heavy atom. The SMILES string of the molecule is C.C.C.C.C.C.C.C.C.C.C.C.C.C.C.[CH2-][C@]12CCC(=O)C=C1CC[C@H]1[C@@H]3CC[C@H](OC)[C@@]3(C)CC[C@@H]12.[CH2-][C@]12CCC(=O)C[C@@H]1CC[C@@H]1[C@@H]2CC[C@]2(C)[C@@H](OC)CC[C@@H]12.[CH2-][C@]12CC[C@H](O)CC1=CC[C@H]1[C@@H]3CC[C@H](OC)[C@@]3(C)CC[C@@H]12.[CH2-][C@]12CC[C@H](O)C[C@@H]1CC[C@@H]1[C@@H]2CC[C@]2(C)C(=O)CC[C@@H]12.[CH2-][C@]12CC[C@H](O)C[C@@H]1CC[C@@H]1[C@@H]2CC[C@]2(C)[C@@H](OC)CC[C@@H]12.[OH-].[OH-].[OH-].[OH-].[OH-].[Rb+].[Rb+].[Rb+].[Rb+].[Rb+]. The van der Waals surface area contributed by atoms with Gasteiger partial charge in [-0.05, 0) is 254 Å². The molecule has 20 rings (SSSR count). The number of hydrogen-bond acceptors (Lipinski definition) is 15. The summed E-state index contributed by atoms with van der Waals surface area (Å²) in [5, 5.41) is 30.1. The van der Waals surface area contributed by atoms with Gasteiger partial charge in [0, 0.05) is 59.5 Å². The number of fused-ring (bicyclic) bond motifs is 25. The van der Waals surface area contributed by atoms with E-state index in [9.17, 15) is 29.7 Å². The summed E-state index contributed by atoms with van der Waals surface area (Å²) in [5.41, 5.74) is 5.21. The van der Waals surface area contributed by atoms with Crippen LogP contribution < -0.4 is 291 Å². The molecule has 15 nitrogen and oxygen atoms in total. The van der Waals surface area contributed by atoms with Gasteiger partial charge in [0.15, 0.2) is 5.78 Å². The molecule has 0 bridgehead atoms. The summed E-state index contributed by atoms with van der Waals surface area (Å²) < 4.78 is 23.4. The molecule has 35 atom stereocenters.